The van der Waals surface area contributed by atoms with Gasteiger partial charge >= 0.3 is 11.9 Å². The summed E-state index contributed by atoms with van der Waals surface area (Å²) in [4.78, 5) is 23.8. The number of hydrogen-bond acceptors (Lipinski definition) is 8. The summed E-state index contributed by atoms with van der Waals surface area (Å²) in [7, 11) is 0. The van der Waals surface area contributed by atoms with E-state index in [1.54, 1.807) is 62.4 Å². The Morgan fingerprint density at radius 2 is 1.14 bits per heavy atom. The maximum Gasteiger partial charge on any atom is 0.348 e. The Morgan fingerprint density at radius 1 is 0.743 bits per heavy atom. The lowest BCUT2D eigenvalue weighted by atomic mass is 10.1. The molecule has 0 fully saturated rings. The van der Waals surface area contributed by atoms with E-state index in [4.69, 9.17) is 18.9 Å². The van der Waals surface area contributed by atoms with E-state index < -0.39 is 11.9 Å². The van der Waals surface area contributed by atoms with Crippen molar-refractivity contribution in [1.82, 2.24) is 0 Å². The molecule has 0 amide bonds. The normalized spacial score (nSPS) is 11.1. The highest BCUT2D eigenvalue weighted by Crippen LogP contribution is 2.23. The van der Waals surface area contributed by atoms with Crippen molar-refractivity contribution in [2.45, 2.75) is 20.3 Å². The molecule has 180 valence electrons. The van der Waals surface area contributed by atoms with Crippen LogP contribution in [0.1, 0.15) is 31.4 Å². The van der Waals surface area contributed by atoms with Gasteiger partial charge in [0.15, 0.2) is 0 Å². The summed E-state index contributed by atoms with van der Waals surface area (Å²) >= 11 is 0. The van der Waals surface area contributed by atoms with Crippen molar-refractivity contribution in [1.29, 1.82) is 10.5 Å². The molecule has 0 aliphatic rings. The Balaban J connectivity index is 2.00. The number of carbonyl (C=O) groups is 2. The van der Waals surface area contributed by atoms with Crippen molar-refractivity contribution < 1.29 is 28.5 Å². The third-order valence-electron chi connectivity index (χ3n) is 4.47. The maximum atomic E-state index is 11.9. The van der Waals surface area contributed by atoms with Crippen LogP contribution >= 0.6 is 0 Å². The number of para-hydroxylation sites is 2. The van der Waals surface area contributed by atoms with Gasteiger partial charge in [0.25, 0.3) is 0 Å². The van der Waals surface area contributed by atoms with Gasteiger partial charge in [-0.2, -0.15) is 10.5 Å². The van der Waals surface area contributed by atoms with Crippen LogP contribution in [-0.4, -0.2) is 38.4 Å². The predicted molar refractivity (Wildman–Crippen MR) is 129 cm³/mol. The summed E-state index contributed by atoms with van der Waals surface area (Å²) in [5, 5.41) is 18.5. The second-order valence-corrected chi connectivity index (χ2v) is 6.91. The molecule has 0 radical (unpaired) electrons. The number of ether oxygens (including phenoxy) is 4. The van der Waals surface area contributed by atoms with Crippen molar-refractivity contribution in [3.05, 3.63) is 70.8 Å². The van der Waals surface area contributed by atoms with Crippen LogP contribution in [0.2, 0.25) is 0 Å². The SMILES string of the molecule is CCOC(=O)/C(C#N)=C/c1ccccc1OCCCOc1ccccc1/C=C(\C#N)C(=O)OCC. The molecule has 0 saturated heterocycles. The molecule has 35 heavy (non-hydrogen) atoms. The standard InChI is InChI=1S/C27H26N2O6/c1-3-32-26(30)22(18-28)16-20-10-5-7-12-24(20)34-14-9-15-35-25-13-8-6-11-21(25)17-23(19-29)27(31)33-4-2/h5-8,10-13,16-17H,3-4,9,14-15H2,1-2H3/b22-16+,23-17+. The Labute approximate surface area is 204 Å². The first-order valence-corrected chi connectivity index (χ1v) is 11.1. The molecule has 0 unspecified atom stereocenters. The van der Waals surface area contributed by atoms with Gasteiger partial charge in [-0.05, 0) is 38.1 Å². The largest absolute Gasteiger partial charge is 0.493 e. The quantitative estimate of drug-likeness (QED) is 0.191. The number of benzene rings is 2. The molecule has 0 N–H and O–H groups in total. The number of nitrogens with zero attached hydrogens (tertiary/aromatic N) is 2. The van der Waals surface area contributed by atoms with Crippen LogP contribution in [0.15, 0.2) is 59.7 Å². The molecule has 2 aromatic carbocycles. The highest BCUT2D eigenvalue weighted by molar-refractivity contribution is 5.98. The minimum Gasteiger partial charge on any atom is -0.493 e. The zero-order valence-corrected chi connectivity index (χ0v) is 19.7. The number of carbonyl (C=O) groups excluding carboxylic acids is 2. The van der Waals surface area contributed by atoms with Gasteiger partial charge < -0.3 is 18.9 Å². The first kappa shape index (κ1) is 26.7. The summed E-state index contributed by atoms with van der Waals surface area (Å²) in [6, 6.07) is 17.8. The smallest absolute Gasteiger partial charge is 0.348 e. The van der Waals surface area contributed by atoms with Crippen molar-refractivity contribution >= 4 is 24.1 Å². The monoisotopic (exact) mass is 474 g/mol. The molecule has 8 nitrogen and oxygen atoms in total. The summed E-state index contributed by atoms with van der Waals surface area (Å²) in [5.41, 5.74) is 0.930. The zero-order valence-electron chi connectivity index (χ0n) is 19.7. The Bertz CT molecular complexity index is 1080. The van der Waals surface area contributed by atoms with E-state index >= 15 is 0 Å². The molecule has 0 aliphatic carbocycles. The van der Waals surface area contributed by atoms with Gasteiger partial charge in [-0.25, -0.2) is 9.59 Å². The Hall–Kier alpha value is -4.56. The summed E-state index contributed by atoms with van der Waals surface area (Å²) in [5.74, 6) is -0.344. The molecule has 0 aromatic heterocycles. The minimum absolute atomic E-state index is 0.115. The molecular weight excluding hydrogens is 448 g/mol. The average Bonchev–Trinajstić information content (AvgIpc) is 2.87. The van der Waals surface area contributed by atoms with Gasteiger partial charge in [-0.15, -0.1) is 0 Å². The fourth-order valence-corrected chi connectivity index (χ4v) is 2.89. The lowest BCUT2D eigenvalue weighted by molar-refractivity contribution is -0.138. The molecule has 2 aromatic rings. The van der Waals surface area contributed by atoms with Crippen LogP contribution in [-0.2, 0) is 19.1 Å². The van der Waals surface area contributed by atoms with Gasteiger partial charge in [-0.3, -0.25) is 0 Å². The van der Waals surface area contributed by atoms with Gasteiger partial charge in [-0.1, -0.05) is 36.4 Å². The highest BCUT2D eigenvalue weighted by Gasteiger charge is 2.13. The summed E-state index contributed by atoms with van der Waals surface area (Å²) in [6.45, 7) is 4.32. The first-order chi connectivity index (χ1) is 17.0. The van der Waals surface area contributed by atoms with E-state index in [0.29, 0.717) is 42.3 Å². The van der Waals surface area contributed by atoms with E-state index in [1.807, 2.05) is 12.1 Å². The molecule has 0 heterocycles. The van der Waals surface area contributed by atoms with Crippen molar-refractivity contribution in [3.63, 3.8) is 0 Å². The predicted octanol–water partition coefficient (Wildman–Crippen LogP) is 4.47. The number of hydrogen-bond donors (Lipinski definition) is 0. The fraction of sp³-hybridized carbons (Fsp3) is 0.259. The third-order valence-corrected chi connectivity index (χ3v) is 4.47. The third kappa shape index (κ3) is 8.38. The molecule has 2 rings (SSSR count). The van der Waals surface area contributed by atoms with E-state index in [9.17, 15) is 20.1 Å². The molecule has 0 saturated carbocycles. The van der Waals surface area contributed by atoms with E-state index in [-0.39, 0.29) is 24.4 Å². The lowest BCUT2D eigenvalue weighted by Gasteiger charge is -2.12. The van der Waals surface area contributed by atoms with Crippen molar-refractivity contribution in [2.24, 2.45) is 0 Å². The lowest BCUT2D eigenvalue weighted by Crippen LogP contribution is -2.08. The van der Waals surface area contributed by atoms with Crippen LogP contribution in [0.5, 0.6) is 11.5 Å². The van der Waals surface area contributed by atoms with Crippen LogP contribution in [0, 0.1) is 22.7 Å². The molecule has 8 heteroatoms. The molecule has 0 aliphatic heterocycles. The van der Waals surface area contributed by atoms with Crippen LogP contribution in [0.25, 0.3) is 12.2 Å². The molecular formula is C27H26N2O6. The van der Waals surface area contributed by atoms with Gasteiger partial charge in [0.1, 0.15) is 34.8 Å². The van der Waals surface area contributed by atoms with Crippen LogP contribution < -0.4 is 9.47 Å². The second kappa shape index (κ2) is 14.6. The van der Waals surface area contributed by atoms with Crippen molar-refractivity contribution in [3.8, 4) is 23.6 Å². The number of rotatable bonds is 12. The van der Waals surface area contributed by atoms with Gasteiger partial charge in [0, 0.05) is 17.5 Å². The second-order valence-electron chi connectivity index (χ2n) is 6.91. The molecule has 0 spiro atoms. The van der Waals surface area contributed by atoms with Gasteiger partial charge in [0.05, 0.1) is 26.4 Å². The minimum atomic E-state index is -0.687. The highest BCUT2D eigenvalue weighted by atomic mass is 16.5. The Morgan fingerprint density at radius 3 is 1.51 bits per heavy atom. The molecule has 0 bridgehead atoms. The van der Waals surface area contributed by atoms with Crippen molar-refractivity contribution in [2.75, 3.05) is 26.4 Å². The summed E-state index contributed by atoms with van der Waals surface area (Å²) < 4.78 is 21.4. The summed E-state index contributed by atoms with van der Waals surface area (Å²) in [6.07, 6.45) is 3.40. The van der Waals surface area contributed by atoms with Gasteiger partial charge in [0.2, 0.25) is 0 Å². The van der Waals surface area contributed by atoms with E-state index in [0.717, 1.165) is 0 Å². The van der Waals surface area contributed by atoms with Crippen LogP contribution in [0.4, 0.5) is 0 Å². The maximum absolute atomic E-state index is 11.9. The van der Waals surface area contributed by atoms with Crippen LogP contribution in [0.3, 0.4) is 0 Å². The van der Waals surface area contributed by atoms with E-state index in [1.165, 1.54) is 12.2 Å². The first-order valence-electron chi connectivity index (χ1n) is 11.1. The topological polar surface area (TPSA) is 119 Å². The number of nitriles is 2. The Kier molecular flexibility index (Phi) is 11.1. The fourth-order valence-electron chi connectivity index (χ4n) is 2.89. The number of esters is 2. The average molecular weight is 475 g/mol. The van der Waals surface area contributed by atoms with E-state index in [2.05, 4.69) is 0 Å². The molecule has 0 atom stereocenters. The zero-order chi connectivity index (χ0) is 25.5.